The average molecular weight is 225 g/mol. The Kier molecular flexibility index (Phi) is 3.70. The second kappa shape index (κ2) is 4.65. The maximum atomic E-state index is 11.9. The van der Waals surface area contributed by atoms with E-state index in [9.17, 15) is 4.79 Å². The summed E-state index contributed by atoms with van der Waals surface area (Å²) < 4.78 is 5.23. The Morgan fingerprint density at radius 1 is 1.50 bits per heavy atom. The van der Waals surface area contributed by atoms with Gasteiger partial charge in [0.1, 0.15) is 0 Å². The summed E-state index contributed by atoms with van der Waals surface area (Å²) in [6.07, 6.45) is 0. The molecule has 0 fully saturated rings. The van der Waals surface area contributed by atoms with Gasteiger partial charge in [-0.25, -0.2) is 0 Å². The maximum absolute atomic E-state index is 11.9. The maximum Gasteiger partial charge on any atom is 0.255 e. The van der Waals surface area contributed by atoms with Crippen LogP contribution in [0, 0.1) is 13.8 Å². The van der Waals surface area contributed by atoms with Crippen LogP contribution in [0.4, 0.5) is 0 Å². The highest BCUT2D eigenvalue weighted by Gasteiger charge is 2.20. The lowest BCUT2D eigenvalue weighted by Gasteiger charge is -2.23. The third kappa shape index (κ3) is 2.82. The summed E-state index contributed by atoms with van der Waals surface area (Å²) in [5.74, 6) is -0.117. The lowest BCUT2D eigenvalue weighted by Crippen LogP contribution is -2.40. The van der Waals surface area contributed by atoms with Crippen LogP contribution in [0.2, 0.25) is 0 Å². The van der Waals surface area contributed by atoms with Crippen molar-refractivity contribution in [3.8, 4) is 0 Å². The molecule has 5 heteroatoms. The highest BCUT2D eigenvalue weighted by Crippen LogP contribution is 2.10. The van der Waals surface area contributed by atoms with Gasteiger partial charge in [-0.05, 0) is 27.7 Å². The molecule has 90 valence electrons. The van der Waals surface area contributed by atoms with E-state index in [1.54, 1.807) is 14.0 Å². The van der Waals surface area contributed by atoms with Crippen molar-refractivity contribution in [2.75, 3.05) is 13.7 Å². The molecule has 0 spiro atoms. The summed E-state index contributed by atoms with van der Waals surface area (Å²) in [6.45, 7) is 7.94. The summed E-state index contributed by atoms with van der Waals surface area (Å²) in [6, 6.07) is 0. The van der Waals surface area contributed by atoms with Crippen LogP contribution < -0.4 is 5.32 Å². The van der Waals surface area contributed by atoms with Crippen LogP contribution in [-0.4, -0.2) is 35.4 Å². The number of H-pyrrole nitrogens is 1. The normalized spacial score (nSPS) is 11.6. The number of hydrogen-bond acceptors (Lipinski definition) is 3. The van der Waals surface area contributed by atoms with Crippen molar-refractivity contribution >= 4 is 5.91 Å². The van der Waals surface area contributed by atoms with Gasteiger partial charge in [0.15, 0.2) is 0 Å². The van der Waals surface area contributed by atoms with Gasteiger partial charge in [-0.2, -0.15) is 5.10 Å². The van der Waals surface area contributed by atoms with Crippen LogP contribution in [0.25, 0.3) is 0 Å². The minimum absolute atomic E-state index is 0.117. The highest BCUT2D eigenvalue weighted by atomic mass is 16.5. The topological polar surface area (TPSA) is 67.0 Å². The van der Waals surface area contributed by atoms with E-state index in [0.717, 1.165) is 5.69 Å². The Balaban J connectivity index is 2.67. The molecular weight excluding hydrogens is 206 g/mol. The van der Waals surface area contributed by atoms with Crippen molar-refractivity contribution in [1.82, 2.24) is 15.5 Å². The van der Waals surface area contributed by atoms with Gasteiger partial charge >= 0.3 is 0 Å². The summed E-state index contributed by atoms with van der Waals surface area (Å²) >= 11 is 0. The van der Waals surface area contributed by atoms with Gasteiger partial charge in [0.25, 0.3) is 5.91 Å². The van der Waals surface area contributed by atoms with Crippen LogP contribution in [0.1, 0.15) is 35.6 Å². The molecule has 0 unspecified atom stereocenters. The molecule has 0 saturated carbocycles. The van der Waals surface area contributed by atoms with Gasteiger partial charge in [-0.1, -0.05) is 0 Å². The summed E-state index contributed by atoms with van der Waals surface area (Å²) in [7, 11) is 1.63. The number of methoxy groups -OCH3 is 1. The molecular formula is C11H19N3O2. The first-order valence-corrected chi connectivity index (χ1v) is 5.22. The number of ether oxygens (including phenoxy) is 1. The van der Waals surface area contributed by atoms with Crippen molar-refractivity contribution in [3.63, 3.8) is 0 Å². The quantitative estimate of drug-likeness (QED) is 0.808. The van der Waals surface area contributed by atoms with Crippen LogP contribution in [0.15, 0.2) is 0 Å². The molecule has 0 atom stereocenters. The predicted octanol–water partition coefficient (Wildman–Crippen LogP) is 1.18. The molecule has 0 aliphatic rings. The van der Waals surface area contributed by atoms with Crippen LogP contribution in [0.5, 0.6) is 0 Å². The lowest BCUT2D eigenvalue weighted by molar-refractivity contribution is 0.0228. The van der Waals surface area contributed by atoms with Gasteiger partial charge in [-0.15, -0.1) is 0 Å². The van der Waals surface area contributed by atoms with E-state index in [1.807, 2.05) is 20.8 Å². The van der Waals surface area contributed by atoms with E-state index >= 15 is 0 Å². The number of amides is 1. The average Bonchev–Trinajstić information content (AvgIpc) is 2.55. The molecule has 0 aliphatic carbocycles. The van der Waals surface area contributed by atoms with E-state index < -0.39 is 0 Å². The number of aromatic amines is 1. The fraction of sp³-hybridized carbons (Fsp3) is 0.636. The molecule has 1 aromatic heterocycles. The number of nitrogens with zero attached hydrogens (tertiary/aromatic N) is 1. The largest absolute Gasteiger partial charge is 0.377 e. The van der Waals surface area contributed by atoms with Gasteiger partial charge in [0, 0.05) is 19.3 Å². The molecule has 1 rings (SSSR count). The number of carbonyl (C=O) groups is 1. The number of nitrogens with one attached hydrogen (secondary N) is 2. The summed E-state index contributed by atoms with van der Waals surface area (Å²) in [4.78, 5) is 11.9. The molecule has 1 aromatic rings. The van der Waals surface area contributed by atoms with Crippen molar-refractivity contribution in [2.24, 2.45) is 0 Å². The number of rotatable bonds is 4. The van der Waals surface area contributed by atoms with Crippen molar-refractivity contribution in [1.29, 1.82) is 0 Å². The Hall–Kier alpha value is -1.36. The highest BCUT2D eigenvalue weighted by molar-refractivity contribution is 5.96. The first kappa shape index (κ1) is 12.7. The van der Waals surface area contributed by atoms with Crippen molar-refractivity contribution in [3.05, 3.63) is 17.0 Å². The number of aryl methyl sites for hydroxylation is 2. The van der Waals surface area contributed by atoms with E-state index in [2.05, 4.69) is 15.5 Å². The number of carbonyl (C=O) groups excluding carboxylic acids is 1. The Morgan fingerprint density at radius 3 is 2.56 bits per heavy atom. The van der Waals surface area contributed by atoms with Gasteiger partial charge in [0.2, 0.25) is 0 Å². The molecule has 0 aliphatic heterocycles. The minimum Gasteiger partial charge on any atom is -0.377 e. The SMILES string of the molecule is COC(C)(C)CNC(=O)c1c(C)n[nH]c1C. The summed E-state index contributed by atoms with van der Waals surface area (Å²) in [5.41, 5.74) is 1.75. The van der Waals surface area contributed by atoms with Crippen LogP contribution >= 0.6 is 0 Å². The molecule has 0 aromatic carbocycles. The minimum atomic E-state index is -0.360. The van der Waals surface area contributed by atoms with E-state index in [0.29, 0.717) is 17.8 Å². The van der Waals surface area contributed by atoms with Gasteiger partial charge in [-0.3, -0.25) is 9.89 Å². The third-order valence-electron chi connectivity index (χ3n) is 2.58. The van der Waals surface area contributed by atoms with E-state index in [4.69, 9.17) is 4.74 Å². The zero-order valence-electron chi connectivity index (χ0n) is 10.5. The monoisotopic (exact) mass is 225 g/mol. The second-order valence-corrected chi connectivity index (χ2v) is 4.46. The fourth-order valence-electron chi connectivity index (χ4n) is 1.34. The fourth-order valence-corrected chi connectivity index (χ4v) is 1.34. The Bertz CT molecular complexity index is 363. The molecule has 1 amide bonds. The zero-order chi connectivity index (χ0) is 12.3. The predicted molar refractivity (Wildman–Crippen MR) is 61.5 cm³/mol. The molecule has 0 saturated heterocycles. The first-order valence-electron chi connectivity index (χ1n) is 5.22. The molecule has 5 nitrogen and oxygen atoms in total. The second-order valence-electron chi connectivity index (χ2n) is 4.46. The molecule has 2 N–H and O–H groups in total. The van der Waals surface area contributed by atoms with E-state index in [-0.39, 0.29) is 11.5 Å². The molecule has 0 bridgehead atoms. The Morgan fingerprint density at radius 2 is 2.12 bits per heavy atom. The molecule has 16 heavy (non-hydrogen) atoms. The zero-order valence-corrected chi connectivity index (χ0v) is 10.5. The van der Waals surface area contributed by atoms with Crippen LogP contribution in [-0.2, 0) is 4.74 Å². The van der Waals surface area contributed by atoms with Gasteiger partial charge < -0.3 is 10.1 Å². The number of hydrogen-bond donors (Lipinski definition) is 2. The van der Waals surface area contributed by atoms with Gasteiger partial charge in [0.05, 0.1) is 16.9 Å². The van der Waals surface area contributed by atoms with Crippen molar-refractivity contribution < 1.29 is 9.53 Å². The number of aromatic nitrogens is 2. The van der Waals surface area contributed by atoms with Crippen LogP contribution in [0.3, 0.4) is 0 Å². The molecule has 1 heterocycles. The standard InChI is InChI=1S/C11H19N3O2/c1-7-9(8(2)14-13-7)10(15)12-6-11(3,4)16-5/h6H2,1-5H3,(H,12,15)(H,13,14). The summed E-state index contributed by atoms with van der Waals surface area (Å²) in [5, 5.41) is 9.61. The molecule has 0 radical (unpaired) electrons. The first-order chi connectivity index (χ1) is 7.37. The Labute approximate surface area is 95.6 Å². The lowest BCUT2D eigenvalue weighted by atomic mass is 10.1. The van der Waals surface area contributed by atoms with E-state index in [1.165, 1.54) is 0 Å². The third-order valence-corrected chi connectivity index (χ3v) is 2.58. The smallest absolute Gasteiger partial charge is 0.255 e. The van der Waals surface area contributed by atoms with Crippen molar-refractivity contribution in [2.45, 2.75) is 33.3 Å².